The van der Waals surface area contributed by atoms with E-state index in [4.69, 9.17) is 14.2 Å². The lowest BCUT2D eigenvalue weighted by Crippen LogP contribution is -2.49. The van der Waals surface area contributed by atoms with E-state index in [0.717, 1.165) is 36.6 Å². The van der Waals surface area contributed by atoms with Crippen molar-refractivity contribution < 1.29 is 19.0 Å². The summed E-state index contributed by atoms with van der Waals surface area (Å²) in [5, 5.41) is 5.94. The number of nitrogens with one attached hydrogen (secondary N) is 2. The van der Waals surface area contributed by atoms with Crippen LogP contribution in [-0.4, -0.2) is 51.4 Å². The fourth-order valence-corrected chi connectivity index (χ4v) is 4.25. The van der Waals surface area contributed by atoms with Gasteiger partial charge in [0.25, 0.3) is 0 Å². The molecule has 0 saturated heterocycles. The molecule has 0 radical (unpaired) electrons. The third-order valence-electron chi connectivity index (χ3n) is 5.74. The second kappa shape index (κ2) is 10.4. The fourth-order valence-electron chi connectivity index (χ4n) is 4.25. The number of methoxy groups -OCH3 is 3. The van der Waals surface area contributed by atoms with E-state index < -0.39 is 0 Å². The maximum atomic E-state index is 12.3. The van der Waals surface area contributed by atoms with Gasteiger partial charge >= 0.3 is 6.03 Å². The number of hydrogen-bond acceptors (Lipinski definition) is 5. The third-order valence-corrected chi connectivity index (χ3v) is 5.74. The van der Waals surface area contributed by atoms with Crippen molar-refractivity contribution in [3.8, 4) is 17.2 Å². The van der Waals surface area contributed by atoms with Gasteiger partial charge in [0.1, 0.15) is 5.75 Å². The second-order valence-electron chi connectivity index (χ2n) is 7.71. The summed E-state index contributed by atoms with van der Waals surface area (Å²) in [5.41, 5.74) is 3.57. The molecule has 2 atom stereocenters. The Bertz CT molecular complexity index is 885. The van der Waals surface area contributed by atoms with Crippen LogP contribution in [0.4, 0.5) is 4.79 Å². The molecular weight excluding hydrogens is 394 g/mol. The molecular formula is C24H33N3O4. The number of rotatable bonds is 8. The number of amides is 2. The Morgan fingerprint density at radius 2 is 1.77 bits per heavy atom. The van der Waals surface area contributed by atoms with E-state index in [1.807, 2.05) is 26.0 Å². The third kappa shape index (κ3) is 5.22. The average molecular weight is 428 g/mol. The van der Waals surface area contributed by atoms with Crippen LogP contribution in [0.25, 0.3) is 0 Å². The molecule has 1 aliphatic rings. The van der Waals surface area contributed by atoms with Crippen molar-refractivity contribution in [3.05, 3.63) is 53.1 Å². The second-order valence-corrected chi connectivity index (χ2v) is 7.71. The van der Waals surface area contributed by atoms with Crippen LogP contribution >= 0.6 is 0 Å². The summed E-state index contributed by atoms with van der Waals surface area (Å²) in [4.78, 5) is 14.7. The minimum absolute atomic E-state index is 0.00624. The van der Waals surface area contributed by atoms with Gasteiger partial charge in [-0.15, -0.1) is 0 Å². The highest BCUT2D eigenvalue weighted by Gasteiger charge is 2.33. The van der Waals surface area contributed by atoms with Gasteiger partial charge in [-0.2, -0.15) is 0 Å². The minimum atomic E-state index is -0.160. The number of carbonyl (C=O) groups excluding carboxylic acids is 1. The molecule has 0 saturated carbocycles. The van der Waals surface area contributed by atoms with Gasteiger partial charge in [-0.25, -0.2) is 4.79 Å². The monoisotopic (exact) mass is 427 g/mol. The van der Waals surface area contributed by atoms with E-state index in [1.165, 1.54) is 11.1 Å². The zero-order chi connectivity index (χ0) is 22.4. The molecule has 3 rings (SSSR count). The van der Waals surface area contributed by atoms with Crippen LogP contribution in [0.1, 0.15) is 36.6 Å². The summed E-state index contributed by atoms with van der Waals surface area (Å²) in [6.07, 6.45) is 0.899. The largest absolute Gasteiger partial charge is 0.497 e. The van der Waals surface area contributed by atoms with Crippen LogP contribution in [-0.2, 0) is 13.0 Å². The summed E-state index contributed by atoms with van der Waals surface area (Å²) in [6, 6.07) is 12.0. The molecule has 7 heteroatoms. The van der Waals surface area contributed by atoms with E-state index in [2.05, 4.69) is 39.8 Å². The minimum Gasteiger partial charge on any atom is -0.497 e. The quantitative estimate of drug-likeness (QED) is 0.675. The summed E-state index contributed by atoms with van der Waals surface area (Å²) >= 11 is 0. The zero-order valence-corrected chi connectivity index (χ0v) is 19.0. The Morgan fingerprint density at radius 1 is 1.10 bits per heavy atom. The van der Waals surface area contributed by atoms with Crippen LogP contribution in [0.2, 0.25) is 0 Å². The molecule has 0 aromatic heterocycles. The highest BCUT2D eigenvalue weighted by atomic mass is 16.5. The predicted octanol–water partition coefficient (Wildman–Crippen LogP) is 3.52. The molecule has 0 spiro atoms. The summed E-state index contributed by atoms with van der Waals surface area (Å²) in [6.45, 7) is 6.19. The lowest BCUT2D eigenvalue weighted by Gasteiger charge is -2.41. The first kappa shape index (κ1) is 22.7. The molecule has 168 valence electrons. The molecule has 2 unspecified atom stereocenters. The predicted molar refractivity (Wildman–Crippen MR) is 121 cm³/mol. The average Bonchev–Trinajstić information content (AvgIpc) is 2.78. The Balaban J connectivity index is 1.95. The van der Waals surface area contributed by atoms with Crippen molar-refractivity contribution in [2.24, 2.45) is 0 Å². The van der Waals surface area contributed by atoms with Crippen LogP contribution < -0.4 is 24.8 Å². The number of ether oxygens (including phenoxy) is 3. The van der Waals surface area contributed by atoms with Gasteiger partial charge in [-0.3, -0.25) is 4.90 Å². The van der Waals surface area contributed by atoms with Crippen LogP contribution in [0.15, 0.2) is 36.4 Å². The Morgan fingerprint density at radius 3 is 2.39 bits per heavy atom. The maximum Gasteiger partial charge on any atom is 0.315 e. The molecule has 31 heavy (non-hydrogen) atoms. The van der Waals surface area contributed by atoms with E-state index in [-0.39, 0.29) is 18.1 Å². The molecule has 2 N–H and O–H groups in total. The smallest absolute Gasteiger partial charge is 0.315 e. The van der Waals surface area contributed by atoms with E-state index in [1.54, 1.807) is 21.3 Å². The van der Waals surface area contributed by atoms with Crippen molar-refractivity contribution >= 4 is 6.03 Å². The van der Waals surface area contributed by atoms with Gasteiger partial charge in [-0.1, -0.05) is 12.1 Å². The number of fused-ring (bicyclic) bond motifs is 1. The molecule has 2 aromatic rings. The lowest BCUT2D eigenvalue weighted by atomic mass is 9.87. The first-order chi connectivity index (χ1) is 15.0. The lowest BCUT2D eigenvalue weighted by molar-refractivity contribution is 0.143. The van der Waals surface area contributed by atoms with Crippen LogP contribution in [0, 0.1) is 0 Å². The van der Waals surface area contributed by atoms with Crippen molar-refractivity contribution in [2.75, 3.05) is 34.4 Å². The van der Waals surface area contributed by atoms with Gasteiger partial charge < -0.3 is 24.8 Å². The van der Waals surface area contributed by atoms with Crippen molar-refractivity contribution in [1.29, 1.82) is 0 Å². The molecule has 1 aliphatic heterocycles. The van der Waals surface area contributed by atoms with Gasteiger partial charge in [0, 0.05) is 25.7 Å². The Kier molecular flexibility index (Phi) is 7.63. The zero-order valence-electron chi connectivity index (χ0n) is 19.0. The number of hydrogen-bond donors (Lipinski definition) is 2. The molecule has 7 nitrogen and oxygen atoms in total. The standard InChI is InChI=1S/C24H33N3O4/c1-6-25-24(28)26-16(2)23-20-14-22(31-5)21(30-4)13-18(20)11-12-27(23)15-17-7-9-19(29-3)10-8-17/h7-10,13-14,16,23H,6,11-12,15H2,1-5H3,(H2,25,26,28). The summed E-state index contributed by atoms with van der Waals surface area (Å²) in [7, 11) is 4.97. The van der Waals surface area contributed by atoms with Crippen LogP contribution in [0.5, 0.6) is 17.2 Å². The SMILES string of the molecule is CCNC(=O)NC(C)C1c2cc(OC)c(OC)cc2CCN1Cc1ccc(OC)cc1. The normalized spacial score (nSPS) is 16.7. The molecule has 0 fully saturated rings. The highest BCUT2D eigenvalue weighted by Crippen LogP contribution is 2.40. The van der Waals surface area contributed by atoms with E-state index in [9.17, 15) is 4.79 Å². The van der Waals surface area contributed by atoms with E-state index in [0.29, 0.717) is 12.3 Å². The van der Waals surface area contributed by atoms with Crippen molar-refractivity contribution in [1.82, 2.24) is 15.5 Å². The first-order valence-corrected chi connectivity index (χ1v) is 10.7. The van der Waals surface area contributed by atoms with Gasteiger partial charge in [-0.05, 0) is 61.2 Å². The Labute approximate surface area is 184 Å². The van der Waals surface area contributed by atoms with E-state index >= 15 is 0 Å². The first-order valence-electron chi connectivity index (χ1n) is 10.7. The number of carbonyl (C=O) groups is 1. The maximum absolute atomic E-state index is 12.3. The molecule has 2 amide bonds. The van der Waals surface area contributed by atoms with Crippen LogP contribution in [0.3, 0.4) is 0 Å². The van der Waals surface area contributed by atoms with Gasteiger partial charge in [0.2, 0.25) is 0 Å². The molecule has 1 heterocycles. The Hall–Kier alpha value is -2.93. The molecule has 0 bridgehead atoms. The summed E-state index contributed by atoms with van der Waals surface area (Å²) in [5.74, 6) is 2.27. The topological polar surface area (TPSA) is 72.1 Å². The van der Waals surface area contributed by atoms with Gasteiger partial charge in [0.15, 0.2) is 11.5 Å². The number of benzene rings is 2. The van der Waals surface area contributed by atoms with Gasteiger partial charge in [0.05, 0.1) is 27.4 Å². The summed E-state index contributed by atoms with van der Waals surface area (Å²) < 4.78 is 16.4. The number of nitrogens with zero attached hydrogens (tertiary/aromatic N) is 1. The highest BCUT2D eigenvalue weighted by molar-refractivity contribution is 5.74. The number of urea groups is 1. The van der Waals surface area contributed by atoms with Crippen molar-refractivity contribution in [2.45, 2.75) is 38.9 Å². The fraction of sp³-hybridized carbons (Fsp3) is 0.458. The molecule has 0 aliphatic carbocycles. The molecule has 2 aromatic carbocycles. The van der Waals surface area contributed by atoms with Crippen molar-refractivity contribution in [3.63, 3.8) is 0 Å².